The molecule has 3 nitrogen and oxygen atoms in total. The van der Waals surface area contributed by atoms with Crippen molar-refractivity contribution >= 4 is 0 Å². The van der Waals surface area contributed by atoms with Gasteiger partial charge in [-0.3, -0.25) is 4.98 Å². The second kappa shape index (κ2) is 3.86. The van der Waals surface area contributed by atoms with Crippen molar-refractivity contribution in [2.75, 3.05) is 0 Å². The highest BCUT2D eigenvalue weighted by Crippen LogP contribution is 2.39. The number of pyridine rings is 1. The molecule has 1 aliphatic carbocycles. The highest BCUT2D eigenvalue weighted by molar-refractivity contribution is 5.66. The van der Waals surface area contributed by atoms with Gasteiger partial charge in [0.2, 0.25) is 0 Å². The first-order valence-electron chi connectivity index (χ1n) is 5.75. The number of hydrogen-bond donors (Lipinski definition) is 2. The molecule has 1 aromatic heterocycles. The summed E-state index contributed by atoms with van der Waals surface area (Å²) in [7, 11) is 0. The van der Waals surface area contributed by atoms with Gasteiger partial charge in [0.25, 0.3) is 0 Å². The molecular weight excluding hydrogens is 212 g/mol. The molecule has 1 fully saturated rings. The standard InChI is InChI=1S/C14H14N2O/c15-12-7-11(12)9-5-6-13(16-8-9)10-3-1-2-4-14(10)17/h1-6,8,11-12,17H,7,15H2/t11-,12+/m0/s1. The first-order chi connectivity index (χ1) is 8.25. The van der Waals surface area contributed by atoms with Gasteiger partial charge >= 0.3 is 0 Å². The summed E-state index contributed by atoms with van der Waals surface area (Å²) >= 11 is 0. The van der Waals surface area contributed by atoms with Gasteiger partial charge < -0.3 is 10.8 Å². The molecule has 0 spiro atoms. The van der Waals surface area contributed by atoms with Crippen molar-refractivity contribution in [3.8, 4) is 17.0 Å². The largest absolute Gasteiger partial charge is 0.507 e. The molecule has 2 aromatic rings. The Morgan fingerprint density at radius 3 is 2.53 bits per heavy atom. The lowest BCUT2D eigenvalue weighted by molar-refractivity contribution is 0.477. The third kappa shape index (κ3) is 1.89. The number of phenols is 1. The summed E-state index contributed by atoms with van der Waals surface area (Å²) in [5.74, 6) is 0.733. The minimum Gasteiger partial charge on any atom is -0.507 e. The Balaban J connectivity index is 1.92. The number of nitrogens with zero attached hydrogens (tertiary/aromatic N) is 1. The lowest BCUT2D eigenvalue weighted by Gasteiger charge is -2.04. The zero-order chi connectivity index (χ0) is 11.8. The van der Waals surface area contributed by atoms with Crippen LogP contribution in [0.1, 0.15) is 17.9 Å². The van der Waals surface area contributed by atoms with Crippen molar-refractivity contribution in [2.24, 2.45) is 5.73 Å². The van der Waals surface area contributed by atoms with E-state index in [-0.39, 0.29) is 5.75 Å². The van der Waals surface area contributed by atoms with Gasteiger partial charge in [-0.1, -0.05) is 18.2 Å². The first kappa shape index (κ1) is 10.3. The Kier molecular flexibility index (Phi) is 2.34. The summed E-state index contributed by atoms with van der Waals surface area (Å²) < 4.78 is 0. The van der Waals surface area contributed by atoms with Crippen LogP contribution in [0.5, 0.6) is 5.75 Å². The summed E-state index contributed by atoms with van der Waals surface area (Å²) in [5.41, 5.74) is 8.55. The lowest BCUT2D eigenvalue weighted by atomic mass is 10.1. The first-order valence-corrected chi connectivity index (χ1v) is 5.75. The molecule has 0 unspecified atom stereocenters. The molecule has 0 amide bonds. The number of hydrogen-bond acceptors (Lipinski definition) is 3. The minimum absolute atomic E-state index is 0.260. The normalized spacial score (nSPS) is 22.4. The van der Waals surface area contributed by atoms with E-state index in [1.807, 2.05) is 30.5 Å². The van der Waals surface area contributed by atoms with E-state index in [1.54, 1.807) is 12.1 Å². The van der Waals surface area contributed by atoms with Crippen molar-refractivity contribution in [2.45, 2.75) is 18.4 Å². The van der Waals surface area contributed by atoms with Gasteiger partial charge in [0.1, 0.15) is 5.75 Å². The van der Waals surface area contributed by atoms with E-state index in [2.05, 4.69) is 4.98 Å². The van der Waals surface area contributed by atoms with Gasteiger partial charge in [-0.25, -0.2) is 0 Å². The van der Waals surface area contributed by atoms with Gasteiger partial charge in [-0.15, -0.1) is 0 Å². The van der Waals surface area contributed by atoms with Gasteiger partial charge in [-0.05, 0) is 30.2 Å². The number of aromatic nitrogens is 1. The number of rotatable bonds is 2. The van der Waals surface area contributed by atoms with Crippen LogP contribution in [0.4, 0.5) is 0 Å². The molecule has 1 heterocycles. The third-order valence-electron chi connectivity index (χ3n) is 3.23. The van der Waals surface area contributed by atoms with Crippen LogP contribution in [-0.4, -0.2) is 16.1 Å². The fraction of sp³-hybridized carbons (Fsp3) is 0.214. The number of para-hydroxylation sites is 1. The Morgan fingerprint density at radius 2 is 1.94 bits per heavy atom. The van der Waals surface area contributed by atoms with Gasteiger partial charge in [-0.2, -0.15) is 0 Å². The van der Waals surface area contributed by atoms with Crippen LogP contribution in [0, 0.1) is 0 Å². The fourth-order valence-electron chi connectivity index (χ4n) is 2.07. The Labute approximate surface area is 99.9 Å². The molecule has 1 aromatic carbocycles. The van der Waals surface area contributed by atoms with Crippen LogP contribution < -0.4 is 5.73 Å². The summed E-state index contributed by atoms with van der Waals surface area (Å²) in [6.45, 7) is 0. The molecule has 0 bridgehead atoms. The number of benzene rings is 1. The number of nitrogens with two attached hydrogens (primary N) is 1. The van der Waals surface area contributed by atoms with Crippen molar-refractivity contribution in [3.05, 3.63) is 48.2 Å². The van der Waals surface area contributed by atoms with E-state index in [0.29, 0.717) is 12.0 Å². The second-order valence-electron chi connectivity index (χ2n) is 4.50. The maximum absolute atomic E-state index is 9.74. The van der Waals surface area contributed by atoms with Gasteiger partial charge in [0.15, 0.2) is 0 Å². The molecule has 3 N–H and O–H groups in total. The topological polar surface area (TPSA) is 59.1 Å². The van der Waals surface area contributed by atoms with Crippen molar-refractivity contribution in [1.29, 1.82) is 0 Å². The molecule has 1 aliphatic rings. The maximum Gasteiger partial charge on any atom is 0.124 e. The molecule has 2 atom stereocenters. The van der Waals surface area contributed by atoms with Crippen LogP contribution >= 0.6 is 0 Å². The summed E-state index contributed by atoms with van der Waals surface area (Å²) in [6, 6.07) is 11.5. The average molecular weight is 226 g/mol. The number of phenolic OH excluding ortho intramolecular Hbond substituents is 1. The van der Waals surface area contributed by atoms with Crippen LogP contribution in [-0.2, 0) is 0 Å². The SMILES string of the molecule is N[C@@H]1C[C@H]1c1ccc(-c2ccccc2O)nc1. The van der Waals surface area contributed by atoms with Crippen LogP contribution in [0.3, 0.4) is 0 Å². The summed E-state index contributed by atoms with van der Waals surface area (Å²) in [4.78, 5) is 4.39. The van der Waals surface area contributed by atoms with E-state index in [9.17, 15) is 5.11 Å². The predicted molar refractivity (Wildman–Crippen MR) is 66.7 cm³/mol. The lowest BCUT2D eigenvalue weighted by Crippen LogP contribution is -2.01. The predicted octanol–water partition coefficient (Wildman–Crippen LogP) is 2.27. The van der Waals surface area contributed by atoms with E-state index in [0.717, 1.165) is 17.7 Å². The molecular formula is C14H14N2O. The third-order valence-corrected chi connectivity index (χ3v) is 3.23. The Hall–Kier alpha value is -1.87. The van der Waals surface area contributed by atoms with E-state index < -0.39 is 0 Å². The molecule has 17 heavy (non-hydrogen) atoms. The minimum atomic E-state index is 0.260. The quantitative estimate of drug-likeness (QED) is 0.825. The van der Waals surface area contributed by atoms with Crippen LogP contribution in [0.2, 0.25) is 0 Å². The molecule has 0 radical (unpaired) electrons. The van der Waals surface area contributed by atoms with E-state index in [4.69, 9.17) is 5.73 Å². The zero-order valence-electron chi connectivity index (χ0n) is 9.38. The summed E-state index contributed by atoms with van der Waals surface area (Å²) in [5, 5.41) is 9.74. The molecule has 1 saturated carbocycles. The molecule has 0 saturated heterocycles. The highest BCUT2D eigenvalue weighted by atomic mass is 16.3. The maximum atomic E-state index is 9.74. The molecule has 3 rings (SSSR count). The highest BCUT2D eigenvalue weighted by Gasteiger charge is 2.34. The van der Waals surface area contributed by atoms with E-state index in [1.165, 1.54) is 5.56 Å². The van der Waals surface area contributed by atoms with Crippen molar-refractivity contribution in [1.82, 2.24) is 4.98 Å². The number of aromatic hydroxyl groups is 1. The zero-order valence-corrected chi connectivity index (χ0v) is 9.38. The average Bonchev–Trinajstić information content (AvgIpc) is 3.07. The fourth-order valence-corrected chi connectivity index (χ4v) is 2.07. The Bertz CT molecular complexity index is 536. The second-order valence-corrected chi connectivity index (χ2v) is 4.50. The van der Waals surface area contributed by atoms with Crippen LogP contribution in [0.25, 0.3) is 11.3 Å². The Morgan fingerprint density at radius 1 is 1.18 bits per heavy atom. The van der Waals surface area contributed by atoms with Crippen molar-refractivity contribution in [3.63, 3.8) is 0 Å². The van der Waals surface area contributed by atoms with Gasteiger partial charge in [0, 0.05) is 23.7 Å². The monoisotopic (exact) mass is 226 g/mol. The van der Waals surface area contributed by atoms with E-state index >= 15 is 0 Å². The van der Waals surface area contributed by atoms with Crippen LogP contribution in [0.15, 0.2) is 42.6 Å². The molecule has 0 aliphatic heterocycles. The molecule has 86 valence electrons. The van der Waals surface area contributed by atoms with Gasteiger partial charge in [0.05, 0.1) is 5.69 Å². The van der Waals surface area contributed by atoms with Crippen molar-refractivity contribution < 1.29 is 5.11 Å². The summed E-state index contributed by atoms with van der Waals surface area (Å²) in [6.07, 6.45) is 2.91. The smallest absolute Gasteiger partial charge is 0.124 e. The molecule has 3 heteroatoms.